The van der Waals surface area contributed by atoms with Crippen LogP contribution in [0.2, 0.25) is 0 Å². The van der Waals surface area contributed by atoms with E-state index >= 15 is 0 Å². The molecule has 142 valence electrons. The molecule has 0 atom stereocenters. The topological polar surface area (TPSA) is 46.3 Å². The van der Waals surface area contributed by atoms with Crippen molar-refractivity contribution in [1.29, 1.82) is 0 Å². The SMILES string of the molecule is COc1ccc(C(=O)CSC(=Nc2ccccc2)N2CC[NH+](C)CC2)cc1. The molecule has 0 amide bonds. The van der Waals surface area contributed by atoms with E-state index in [1.54, 1.807) is 7.11 Å². The number of ketones is 1. The molecular formula is C21H26N3O2S+. The largest absolute Gasteiger partial charge is 0.497 e. The summed E-state index contributed by atoms with van der Waals surface area (Å²) in [5.41, 5.74) is 1.62. The number of ether oxygens (including phenoxy) is 1. The highest BCUT2D eigenvalue weighted by Gasteiger charge is 2.21. The Bertz CT molecular complexity index is 770. The van der Waals surface area contributed by atoms with E-state index in [9.17, 15) is 4.79 Å². The molecule has 0 bridgehead atoms. The van der Waals surface area contributed by atoms with Crippen molar-refractivity contribution in [3.05, 3.63) is 60.2 Å². The molecule has 0 radical (unpaired) electrons. The fourth-order valence-corrected chi connectivity index (χ4v) is 3.84. The van der Waals surface area contributed by atoms with Crippen LogP contribution in [-0.4, -0.2) is 61.9 Å². The Hall–Kier alpha value is -2.31. The van der Waals surface area contributed by atoms with Crippen LogP contribution in [0.4, 0.5) is 5.69 Å². The van der Waals surface area contributed by atoms with Crippen LogP contribution in [-0.2, 0) is 0 Å². The maximum absolute atomic E-state index is 12.6. The zero-order valence-corrected chi connectivity index (χ0v) is 16.7. The number of hydrogen-bond donors (Lipinski definition) is 1. The van der Waals surface area contributed by atoms with E-state index in [1.807, 2.05) is 54.6 Å². The molecular weight excluding hydrogens is 358 g/mol. The molecule has 1 aliphatic rings. The highest BCUT2D eigenvalue weighted by molar-refractivity contribution is 8.14. The number of benzene rings is 2. The summed E-state index contributed by atoms with van der Waals surface area (Å²) in [6.07, 6.45) is 0. The van der Waals surface area contributed by atoms with Crippen molar-refractivity contribution in [3.8, 4) is 5.75 Å². The van der Waals surface area contributed by atoms with Gasteiger partial charge in [-0.2, -0.15) is 0 Å². The Morgan fingerprint density at radius 3 is 2.41 bits per heavy atom. The van der Waals surface area contributed by atoms with Gasteiger partial charge in [0, 0.05) is 5.56 Å². The summed E-state index contributed by atoms with van der Waals surface area (Å²) in [7, 11) is 3.84. The molecule has 1 aliphatic heterocycles. The smallest absolute Gasteiger partial charge is 0.173 e. The Labute approximate surface area is 165 Å². The van der Waals surface area contributed by atoms with Gasteiger partial charge < -0.3 is 14.5 Å². The molecule has 0 saturated carbocycles. The highest BCUT2D eigenvalue weighted by Crippen LogP contribution is 2.19. The molecule has 0 spiro atoms. The quantitative estimate of drug-likeness (QED) is 0.487. The Morgan fingerprint density at radius 1 is 1.11 bits per heavy atom. The maximum Gasteiger partial charge on any atom is 0.173 e. The second-order valence-electron chi connectivity index (χ2n) is 6.61. The van der Waals surface area contributed by atoms with Crippen LogP contribution < -0.4 is 9.64 Å². The molecule has 1 heterocycles. The van der Waals surface area contributed by atoms with E-state index in [1.165, 1.54) is 16.7 Å². The van der Waals surface area contributed by atoms with Crippen molar-refractivity contribution in [2.45, 2.75) is 0 Å². The summed E-state index contributed by atoms with van der Waals surface area (Å²) >= 11 is 1.52. The number of thioether (sulfide) groups is 1. The van der Waals surface area contributed by atoms with Gasteiger partial charge in [0.1, 0.15) is 5.75 Å². The molecule has 1 fully saturated rings. The predicted octanol–water partition coefficient (Wildman–Crippen LogP) is 2.13. The van der Waals surface area contributed by atoms with E-state index in [0.717, 1.165) is 42.8 Å². The minimum Gasteiger partial charge on any atom is -0.497 e. The van der Waals surface area contributed by atoms with E-state index in [4.69, 9.17) is 9.73 Å². The molecule has 6 heteroatoms. The average Bonchev–Trinajstić information content (AvgIpc) is 2.72. The van der Waals surface area contributed by atoms with Crippen molar-refractivity contribution in [3.63, 3.8) is 0 Å². The first kappa shape index (κ1) is 19.5. The number of likely N-dealkylation sites (N-methyl/N-ethyl adjacent to an activating group) is 1. The Balaban J connectivity index is 1.70. The summed E-state index contributed by atoms with van der Waals surface area (Å²) in [4.78, 5) is 21.3. The van der Waals surface area contributed by atoms with Crippen LogP contribution in [0.5, 0.6) is 5.75 Å². The fourth-order valence-electron chi connectivity index (χ4n) is 2.88. The molecule has 0 unspecified atom stereocenters. The van der Waals surface area contributed by atoms with Gasteiger partial charge in [0.05, 0.1) is 51.8 Å². The van der Waals surface area contributed by atoms with Crippen LogP contribution in [0.25, 0.3) is 0 Å². The van der Waals surface area contributed by atoms with Crippen LogP contribution in [0.1, 0.15) is 10.4 Å². The number of carbonyl (C=O) groups excluding carboxylic acids is 1. The maximum atomic E-state index is 12.6. The van der Waals surface area contributed by atoms with Gasteiger partial charge in [-0.25, -0.2) is 4.99 Å². The first-order valence-corrected chi connectivity index (χ1v) is 10.1. The van der Waals surface area contributed by atoms with Crippen molar-refractivity contribution >= 4 is 28.4 Å². The average molecular weight is 385 g/mol. The number of nitrogens with one attached hydrogen (secondary N) is 1. The molecule has 1 saturated heterocycles. The molecule has 0 aliphatic carbocycles. The van der Waals surface area contributed by atoms with Crippen molar-refractivity contribution in [2.24, 2.45) is 4.99 Å². The van der Waals surface area contributed by atoms with Crippen molar-refractivity contribution in [1.82, 2.24) is 4.90 Å². The lowest BCUT2D eigenvalue weighted by Gasteiger charge is -2.32. The minimum atomic E-state index is 0.100. The second kappa shape index (κ2) is 9.58. The number of aliphatic imine (C=N–C) groups is 1. The first-order chi connectivity index (χ1) is 13.2. The monoisotopic (exact) mass is 384 g/mol. The van der Waals surface area contributed by atoms with Crippen LogP contribution in [0.3, 0.4) is 0 Å². The van der Waals surface area contributed by atoms with Gasteiger partial charge in [0.25, 0.3) is 0 Å². The summed E-state index contributed by atoms with van der Waals surface area (Å²) in [5, 5.41) is 0.926. The number of piperazine rings is 1. The molecule has 2 aromatic rings. The van der Waals surface area contributed by atoms with Gasteiger partial charge in [-0.1, -0.05) is 30.0 Å². The number of quaternary nitrogens is 1. The van der Waals surface area contributed by atoms with Crippen LogP contribution >= 0.6 is 11.8 Å². The van der Waals surface area contributed by atoms with E-state index in [-0.39, 0.29) is 5.78 Å². The predicted molar refractivity (Wildman–Crippen MR) is 112 cm³/mol. The zero-order valence-electron chi connectivity index (χ0n) is 15.9. The number of amidine groups is 1. The van der Waals surface area contributed by atoms with Crippen LogP contribution in [0, 0.1) is 0 Å². The Kier molecular flexibility index (Phi) is 6.90. The van der Waals surface area contributed by atoms with Gasteiger partial charge in [0.15, 0.2) is 11.0 Å². The first-order valence-electron chi connectivity index (χ1n) is 9.16. The van der Waals surface area contributed by atoms with Gasteiger partial charge in [-0.15, -0.1) is 0 Å². The highest BCUT2D eigenvalue weighted by atomic mass is 32.2. The normalized spacial score (nSPS) is 15.6. The van der Waals surface area contributed by atoms with Gasteiger partial charge in [-0.05, 0) is 36.4 Å². The summed E-state index contributed by atoms with van der Waals surface area (Å²) in [6, 6.07) is 17.2. The van der Waals surface area contributed by atoms with E-state index < -0.39 is 0 Å². The number of Topliss-reactive ketones (excluding diaryl/α,β-unsaturated/α-hetero) is 1. The third kappa shape index (κ3) is 5.58. The molecule has 2 aromatic carbocycles. The third-order valence-corrected chi connectivity index (χ3v) is 5.63. The fraction of sp³-hybridized carbons (Fsp3) is 0.333. The molecule has 27 heavy (non-hydrogen) atoms. The lowest BCUT2D eigenvalue weighted by Crippen LogP contribution is -3.12. The van der Waals surface area contributed by atoms with Crippen molar-refractivity contribution in [2.75, 3.05) is 46.1 Å². The number of carbonyl (C=O) groups is 1. The Morgan fingerprint density at radius 2 is 1.78 bits per heavy atom. The van der Waals surface area contributed by atoms with Crippen LogP contribution in [0.15, 0.2) is 59.6 Å². The third-order valence-electron chi connectivity index (χ3n) is 4.61. The molecule has 0 aromatic heterocycles. The standard InChI is InChI=1S/C21H25N3O2S/c1-23-12-14-24(15-13-23)21(22-18-6-4-3-5-7-18)27-16-20(25)17-8-10-19(26-2)11-9-17/h3-11H,12-16H2,1-2H3/p+1. The second-order valence-corrected chi connectivity index (χ2v) is 7.56. The number of para-hydroxylation sites is 1. The van der Waals surface area contributed by atoms with Gasteiger partial charge in [-0.3, -0.25) is 4.79 Å². The van der Waals surface area contributed by atoms with Crippen molar-refractivity contribution < 1.29 is 14.4 Å². The van der Waals surface area contributed by atoms with Gasteiger partial charge >= 0.3 is 0 Å². The summed E-state index contributed by atoms with van der Waals surface area (Å²) in [6.45, 7) is 4.09. The number of methoxy groups -OCH3 is 1. The van der Waals surface area contributed by atoms with Gasteiger partial charge in [0.2, 0.25) is 0 Å². The molecule has 3 rings (SSSR count). The molecule has 5 nitrogen and oxygen atoms in total. The lowest BCUT2D eigenvalue weighted by molar-refractivity contribution is -0.883. The number of hydrogen-bond acceptors (Lipinski definition) is 4. The minimum absolute atomic E-state index is 0.100. The van der Waals surface area contributed by atoms with E-state index in [2.05, 4.69) is 11.9 Å². The van der Waals surface area contributed by atoms with E-state index in [0.29, 0.717) is 11.3 Å². The number of rotatable bonds is 5. The number of nitrogens with zero attached hydrogens (tertiary/aromatic N) is 2. The summed E-state index contributed by atoms with van der Waals surface area (Å²) < 4.78 is 5.16. The molecule has 1 N–H and O–H groups in total. The summed E-state index contributed by atoms with van der Waals surface area (Å²) in [5.74, 6) is 1.23. The lowest BCUT2D eigenvalue weighted by atomic mass is 10.1. The zero-order chi connectivity index (χ0) is 19.1.